The number of nitrogens with one attached hydrogen (secondary N) is 3. The Bertz CT molecular complexity index is 926. The molecule has 156 valence electrons. The number of aryl methyl sites for hydroxylation is 1. The average Bonchev–Trinajstić information content (AvgIpc) is 2.69. The fourth-order valence-electron chi connectivity index (χ4n) is 2.31. The standard InChI is InChI=1S/C20H25N3O5S/c1-15-5-7-16(8-6-15)21-14-20(25)23-22-19(24)4-3-13-28-17-9-11-18(12-10-17)29(2,26)27/h5-12,21H,3-4,13-14H2,1-2H3,(H,22,24)(H,23,25). The van der Waals surface area contributed by atoms with Gasteiger partial charge in [0, 0.05) is 18.4 Å². The van der Waals surface area contributed by atoms with E-state index in [2.05, 4.69) is 16.2 Å². The number of hydrogen-bond acceptors (Lipinski definition) is 6. The normalized spacial score (nSPS) is 10.8. The Labute approximate surface area is 170 Å². The number of sulfone groups is 1. The van der Waals surface area contributed by atoms with E-state index in [0.717, 1.165) is 17.5 Å². The first-order valence-electron chi connectivity index (χ1n) is 9.05. The van der Waals surface area contributed by atoms with E-state index in [1.54, 1.807) is 12.1 Å². The van der Waals surface area contributed by atoms with Crippen LogP contribution >= 0.6 is 0 Å². The molecular formula is C20H25N3O5S. The van der Waals surface area contributed by atoms with Crippen LogP contribution in [0.15, 0.2) is 53.4 Å². The molecule has 0 saturated carbocycles. The van der Waals surface area contributed by atoms with Crippen molar-refractivity contribution in [1.29, 1.82) is 0 Å². The number of hydrazine groups is 1. The number of ether oxygens (including phenoxy) is 1. The number of carbonyl (C=O) groups excluding carboxylic acids is 2. The van der Waals surface area contributed by atoms with Gasteiger partial charge in [-0.2, -0.15) is 0 Å². The number of anilines is 1. The van der Waals surface area contributed by atoms with Crippen molar-refractivity contribution in [3.05, 3.63) is 54.1 Å². The van der Waals surface area contributed by atoms with Crippen LogP contribution in [0.3, 0.4) is 0 Å². The molecule has 0 atom stereocenters. The Morgan fingerprint density at radius 3 is 2.17 bits per heavy atom. The highest BCUT2D eigenvalue weighted by atomic mass is 32.2. The van der Waals surface area contributed by atoms with E-state index in [1.807, 2.05) is 31.2 Å². The van der Waals surface area contributed by atoms with Gasteiger partial charge in [-0.25, -0.2) is 8.42 Å². The van der Waals surface area contributed by atoms with E-state index >= 15 is 0 Å². The molecule has 0 aromatic heterocycles. The van der Waals surface area contributed by atoms with E-state index in [1.165, 1.54) is 12.1 Å². The first-order chi connectivity index (χ1) is 13.7. The predicted molar refractivity (Wildman–Crippen MR) is 110 cm³/mol. The molecule has 8 nitrogen and oxygen atoms in total. The Hall–Kier alpha value is -3.07. The zero-order valence-corrected chi connectivity index (χ0v) is 17.2. The summed E-state index contributed by atoms with van der Waals surface area (Å²) in [5.41, 5.74) is 6.64. The lowest BCUT2D eigenvalue weighted by Gasteiger charge is -2.10. The van der Waals surface area contributed by atoms with Crippen molar-refractivity contribution < 1.29 is 22.7 Å². The van der Waals surface area contributed by atoms with Gasteiger partial charge < -0.3 is 10.1 Å². The van der Waals surface area contributed by atoms with E-state index < -0.39 is 9.84 Å². The van der Waals surface area contributed by atoms with Crippen LogP contribution in [0, 0.1) is 6.92 Å². The molecule has 0 heterocycles. The highest BCUT2D eigenvalue weighted by molar-refractivity contribution is 7.90. The Morgan fingerprint density at radius 1 is 0.931 bits per heavy atom. The molecule has 0 aliphatic heterocycles. The molecule has 0 bridgehead atoms. The predicted octanol–water partition coefficient (Wildman–Crippen LogP) is 1.82. The third kappa shape index (κ3) is 8.22. The van der Waals surface area contributed by atoms with E-state index in [9.17, 15) is 18.0 Å². The molecule has 0 radical (unpaired) electrons. The van der Waals surface area contributed by atoms with Crippen LogP contribution in [-0.4, -0.2) is 39.6 Å². The quantitative estimate of drug-likeness (QED) is 0.422. The number of amides is 2. The van der Waals surface area contributed by atoms with Crippen molar-refractivity contribution in [2.24, 2.45) is 0 Å². The summed E-state index contributed by atoms with van der Waals surface area (Å²) < 4.78 is 28.3. The van der Waals surface area contributed by atoms with Crippen LogP contribution < -0.4 is 20.9 Å². The van der Waals surface area contributed by atoms with Gasteiger partial charge in [0.15, 0.2) is 9.84 Å². The Morgan fingerprint density at radius 2 is 1.55 bits per heavy atom. The summed E-state index contributed by atoms with van der Waals surface area (Å²) in [4.78, 5) is 23.7. The van der Waals surface area contributed by atoms with E-state index in [-0.39, 0.29) is 36.3 Å². The number of hydrogen-bond donors (Lipinski definition) is 3. The minimum Gasteiger partial charge on any atom is -0.494 e. The number of benzene rings is 2. The molecule has 3 N–H and O–H groups in total. The van der Waals surface area contributed by atoms with Gasteiger partial charge >= 0.3 is 0 Å². The van der Waals surface area contributed by atoms with Crippen LogP contribution in [0.25, 0.3) is 0 Å². The minimum atomic E-state index is -3.24. The van der Waals surface area contributed by atoms with Crippen molar-refractivity contribution in [2.75, 3.05) is 24.7 Å². The molecular weight excluding hydrogens is 394 g/mol. The summed E-state index contributed by atoms with van der Waals surface area (Å²) in [6.07, 6.45) is 1.75. The van der Waals surface area contributed by atoms with Crippen molar-refractivity contribution in [3.8, 4) is 5.75 Å². The lowest BCUT2D eigenvalue weighted by Crippen LogP contribution is -2.44. The summed E-state index contributed by atoms with van der Waals surface area (Å²) in [5, 5.41) is 2.96. The van der Waals surface area contributed by atoms with Crippen molar-refractivity contribution in [3.63, 3.8) is 0 Å². The number of carbonyl (C=O) groups is 2. The third-order valence-electron chi connectivity index (χ3n) is 3.91. The largest absolute Gasteiger partial charge is 0.494 e. The molecule has 2 aromatic rings. The van der Waals surface area contributed by atoms with E-state index in [4.69, 9.17) is 4.74 Å². The summed E-state index contributed by atoms with van der Waals surface area (Å²) >= 11 is 0. The summed E-state index contributed by atoms with van der Waals surface area (Å²) in [5.74, 6) is -0.167. The molecule has 0 aliphatic carbocycles. The average molecular weight is 420 g/mol. The SMILES string of the molecule is Cc1ccc(NCC(=O)NNC(=O)CCCOc2ccc(S(C)(=O)=O)cc2)cc1. The first-order valence-corrected chi connectivity index (χ1v) is 10.9. The third-order valence-corrected chi connectivity index (χ3v) is 5.04. The van der Waals surface area contributed by atoms with Gasteiger partial charge in [-0.15, -0.1) is 0 Å². The van der Waals surface area contributed by atoms with Crippen LogP contribution in [0.4, 0.5) is 5.69 Å². The zero-order valence-electron chi connectivity index (χ0n) is 16.4. The minimum absolute atomic E-state index is 0.0376. The molecule has 0 unspecified atom stereocenters. The summed E-state index contributed by atoms with van der Waals surface area (Å²) in [7, 11) is -3.24. The van der Waals surface area contributed by atoms with Gasteiger partial charge in [0.2, 0.25) is 5.91 Å². The highest BCUT2D eigenvalue weighted by Gasteiger charge is 2.07. The highest BCUT2D eigenvalue weighted by Crippen LogP contribution is 2.16. The molecule has 29 heavy (non-hydrogen) atoms. The fourth-order valence-corrected chi connectivity index (χ4v) is 2.94. The van der Waals surface area contributed by atoms with Crippen LogP contribution in [0.5, 0.6) is 5.75 Å². The second kappa shape index (κ2) is 10.5. The fraction of sp³-hybridized carbons (Fsp3) is 0.300. The van der Waals surface area contributed by atoms with Gasteiger partial charge in [-0.3, -0.25) is 20.4 Å². The second-order valence-corrected chi connectivity index (χ2v) is 8.53. The van der Waals surface area contributed by atoms with Crippen molar-refractivity contribution >= 4 is 27.3 Å². The summed E-state index contributed by atoms with van der Waals surface area (Å²) in [6, 6.07) is 13.7. The monoisotopic (exact) mass is 419 g/mol. The maximum absolute atomic E-state index is 11.8. The Kier molecular flexibility index (Phi) is 8.02. The van der Waals surface area contributed by atoms with Gasteiger partial charge in [0.1, 0.15) is 5.75 Å². The molecule has 0 saturated heterocycles. The number of rotatable bonds is 9. The van der Waals surface area contributed by atoms with Crippen LogP contribution in [-0.2, 0) is 19.4 Å². The van der Waals surface area contributed by atoms with Gasteiger partial charge in [0.25, 0.3) is 5.91 Å². The molecule has 2 aromatic carbocycles. The van der Waals surface area contributed by atoms with E-state index in [0.29, 0.717) is 12.2 Å². The maximum Gasteiger partial charge on any atom is 0.257 e. The molecule has 2 rings (SSSR count). The van der Waals surface area contributed by atoms with Crippen molar-refractivity contribution in [1.82, 2.24) is 10.9 Å². The molecule has 0 aliphatic rings. The molecule has 0 fully saturated rings. The molecule has 2 amide bonds. The topological polar surface area (TPSA) is 114 Å². The Balaban J connectivity index is 1.59. The lowest BCUT2D eigenvalue weighted by molar-refractivity contribution is -0.128. The first kappa shape index (κ1) is 22.2. The molecule has 0 spiro atoms. The van der Waals surface area contributed by atoms with Crippen LogP contribution in [0.2, 0.25) is 0 Å². The van der Waals surface area contributed by atoms with Crippen LogP contribution in [0.1, 0.15) is 18.4 Å². The second-order valence-electron chi connectivity index (χ2n) is 6.51. The summed E-state index contributed by atoms with van der Waals surface area (Å²) in [6.45, 7) is 2.30. The molecule has 9 heteroatoms. The zero-order chi connectivity index (χ0) is 21.3. The lowest BCUT2D eigenvalue weighted by atomic mass is 10.2. The van der Waals surface area contributed by atoms with Gasteiger partial charge in [-0.05, 0) is 49.7 Å². The van der Waals surface area contributed by atoms with Crippen molar-refractivity contribution in [2.45, 2.75) is 24.7 Å². The smallest absolute Gasteiger partial charge is 0.257 e. The maximum atomic E-state index is 11.8. The van der Waals surface area contributed by atoms with Gasteiger partial charge in [0.05, 0.1) is 18.0 Å². The van der Waals surface area contributed by atoms with Gasteiger partial charge in [-0.1, -0.05) is 17.7 Å².